The van der Waals surface area contributed by atoms with E-state index in [0.717, 1.165) is 0 Å². The fourth-order valence-electron chi connectivity index (χ4n) is 1.33. The van der Waals surface area contributed by atoms with Crippen LogP contribution in [0.25, 0.3) is 10.9 Å². The molecule has 0 bridgehead atoms. The second-order valence-corrected chi connectivity index (χ2v) is 3.58. The minimum Gasteiger partial charge on any atom is -0.478 e. The van der Waals surface area contributed by atoms with Gasteiger partial charge in [0.1, 0.15) is 0 Å². The molecule has 2 rings (SSSR count). The summed E-state index contributed by atoms with van der Waals surface area (Å²) in [5.41, 5.74) is 0.617. The van der Waals surface area contributed by atoms with Crippen LogP contribution >= 0.6 is 23.2 Å². The van der Waals surface area contributed by atoms with Gasteiger partial charge < -0.3 is 10.1 Å². The van der Waals surface area contributed by atoms with Crippen molar-refractivity contribution in [1.29, 1.82) is 0 Å². The Kier molecular flexibility index (Phi) is 2.13. The highest BCUT2D eigenvalue weighted by atomic mass is 35.5. The molecule has 1 heterocycles. The van der Waals surface area contributed by atoms with Gasteiger partial charge >= 0.3 is 5.97 Å². The SMILES string of the molecule is O=C(O)c1cc(Cl)c(Cl)c2cc[nH]c12. The number of rotatable bonds is 1. The maximum Gasteiger partial charge on any atom is 0.337 e. The summed E-state index contributed by atoms with van der Waals surface area (Å²) in [5.74, 6) is -1.03. The van der Waals surface area contributed by atoms with Crippen LogP contribution in [0.1, 0.15) is 10.4 Å². The van der Waals surface area contributed by atoms with Gasteiger partial charge in [0, 0.05) is 11.6 Å². The van der Waals surface area contributed by atoms with Crippen LogP contribution in [-0.2, 0) is 0 Å². The number of hydrogen-bond donors (Lipinski definition) is 2. The van der Waals surface area contributed by atoms with E-state index in [1.165, 1.54) is 6.07 Å². The van der Waals surface area contributed by atoms with Crippen molar-refractivity contribution in [1.82, 2.24) is 4.98 Å². The van der Waals surface area contributed by atoms with Gasteiger partial charge in [0.2, 0.25) is 0 Å². The van der Waals surface area contributed by atoms with Crippen LogP contribution in [0.4, 0.5) is 0 Å². The molecule has 0 saturated heterocycles. The minimum absolute atomic E-state index is 0.124. The third kappa shape index (κ3) is 1.25. The van der Waals surface area contributed by atoms with E-state index in [9.17, 15) is 4.79 Å². The van der Waals surface area contributed by atoms with E-state index in [4.69, 9.17) is 28.3 Å². The number of nitrogens with one attached hydrogen (secondary N) is 1. The Balaban J connectivity index is 2.91. The normalized spacial score (nSPS) is 10.7. The summed E-state index contributed by atoms with van der Waals surface area (Å²) in [4.78, 5) is 13.7. The number of carbonyl (C=O) groups is 1. The van der Waals surface area contributed by atoms with Crippen molar-refractivity contribution in [3.8, 4) is 0 Å². The van der Waals surface area contributed by atoms with Gasteiger partial charge in [0.05, 0.1) is 21.1 Å². The summed E-state index contributed by atoms with van der Waals surface area (Å²) < 4.78 is 0. The number of aromatic amines is 1. The molecule has 2 N–H and O–H groups in total. The standard InChI is InChI=1S/C9H5Cl2NO2/c10-6-3-5(9(13)14)8-4(7(6)11)1-2-12-8/h1-3,12H,(H,13,14). The molecule has 14 heavy (non-hydrogen) atoms. The lowest BCUT2D eigenvalue weighted by molar-refractivity contribution is 0.0699. The smallest absolute Gasteiger partial charge is 0.337 e. The fraction of sp³-hybridized carbons (Fsp3) is 0. The fourth-order valence-corrected chi connectivity index (χ4v) is 1.76. The van der Waals surface area contributed by atoms with E-state index in [2.05, 4.69) is 4.98 Å². The third-order valence-corrected chi connectivity index (χ3v) is 2.77. The number of aromatic nitrogens is 1. The number of aromatic carboxylic acids is 1. The van der Waals surface area contributed by atoms with Crippen LogP contribution in [0.15, 0.2) is 18.3 Å². The predicted octanol–water partition coefficient (Wildman–Crippen LogP) is 3.17. The molecular weight excluding hydrogens is 225 g/mol. The molecule has 0 aliphatic heterocycles. The van der Waals surface area contributed by atoms with Gasteiger partial charge in [-0.05, 0) is 12.1 Å². The number of benzene rings is 1. The van der Waals surface area contributed by atoms with Crippen molar-refractivity contribution in [2.24, 2.45) is 0 Å². The predicted molar refractivity (Wildman–Crippen MR) is 55.3 cm³/mol. The number of carboxylic acids is 1. The molecule has 0 amide bonds. The lowest BCUT2D eigenvalue weighted by Crippen LogP contribution is -1.97. The lowest BCUT2D eigenvalue weighted by Gasteiger charge is -2.01. The molecule has 3 nitrogen and oxygen atoms in total. The maximum atomic E-state index is 10.9. The van der Waals surface area contributed by atoms with Crippen LogP contribution in [0.5, 0.6) is 0 Å². The zero-order chi connectivity index (χ0) is 10.3. The molecule has 0 spiro atoms. The van der Waals surface area contributed by atoms with E-state index in [1.807, 2.05) is 0 Å². The largest absolute Gasteiger partial charge is 0.478 e. The van der Waals surface area contributed by atoms with E-state index >= 15 is 0 Å². The summed E-state index contributed by atoms with van der Waals surface area (Å²) >= 11 is 11.7. The van der Waals surface area contributed by atoms with Gasteiger partial charge in [-0.15, -0.1) is 0 Å². The Morgan fingerprint density at radius 3 is 2.79 bits per heavy atom. The van der Waals surface area contributed by atoms with Crippen LogP contribution in [0, 0.1) is 0 Å². The summed E-state index contributed by atoms with van der Waals surface area (Å²) in [6.45, 7) is 0. The second-order valence-electron chi connectivity index (χ2n) is 2.79. The van der Waals surface area contributed by atoms with E-state index < -0.39 is 5.97 Å². The molecule has 72 valence electrons. The van der Waals surface area contributed by atoms with Gasteiger partial charge in [0.15, 0.2) is 0 Å². The van der Waals surface area contributed by atoms with Crippen LogP contribution < -0.4 is 0 Å². The number of hydrogen-bond acceptors (Lipinski definition) is 1. The zero-order valence-corrected chi connectivity index (χ0v) is 8.36. The summed E-state index contributed by atoms with van der Waals surface area (Å²) in [5, 5.41) is 10.1. The van der Waals surface area contributed by atoms with Gasteiger partial charge in [0.25, 0.3) is 0 Å². The average Bonchev–Trinajstić information content (AvgIpc) is 2.59. The molecular formula is C9H5Cl2NO2. The Labute approximate surface area is 89.2 Å². The van der Waals surface area contributed by atoms with E-state index in [0.29, 0.717) is 15.9 Å². The van der Waals surface area contributed by atoms with Crippen LogP contribution in [-0.4, -0.2) is 16.1 Å². The molecule has 0 unspecified atom stereocenters. The first-order valence-electron chi connectivity index (χ1n) is 3.79. The first-order chi connectivity index (χ1) is 6.61. The number of halogens is 2. The topological polar surface area (TPSA) is 53.1 Å². The highest BCUT2D eigenvalue weighted by molar-refractivity contribution is 6.45. The van der Waals surface area contributed by atoms with Crippen molar-refractivity contribution < 1.29 is 9.90 Å². The van der Waals surface area contributed by atoms with Crippen molar-refractivity contribution in [2.45, 2.75) is 0 Å². The van der Waals surface area contributed by atoms with E-state index in [1.54, 1.807) is 12.3 Å². The minimum atomic E-state index is -1.03. The quantitative estimate of drug-likeness (QED) is 0.790. The van der Waals surface area contributed by atoms with Crippen molar-refractivity contribution in [2.75, 3.05) is 0 Å². The molecule has 5 heteroatoms. The number of fused-ring (bicyclic) bond motifs is 1. The second kappa shape index (κ2) is 3.19. The van der Waals surface area contributed by atoms with Gasteiger partial charge in [-0.3, -0.25) is 0 Å². The Hall–Kier alpha value is -1.19. The molecule has 0 fully saturated rings. The third-order valence-electron chi connectivity index (χ3n) is 1.96. The molecule has 0 atom stereocenters. The molecule has 0 saturated carbocycles. The van der Waals surface area contributed by atoms with Crippen molar-refractivity contribution >= 4 is 40.1 Å². The number of carboxylic acid groups (broad SMARTS) is 1. The molecule has 0 radical (unpaired) electrons. The first-order valence-corrected chi connectivity index (χ1v) is 4.55. The summed E-state index contributed by atoms with van der Waals surface area (Å²) in [6, 6.07) is 3.03. The van der Waals surface area contributed by atoms with Gasteiger partial charge in [-0.1, -0.05) is 23.2 Å². The molecule has 0 aliphatic carbocycles. The first kappa shape index (κ1) is 9.37. The molecule has 2 aromatic rings. The highest BCUT2D eigenvalue weighted by Crippen LogP contribution is 2.32. The Bertz CT molecular complexity index is 519. The highest BCUT2D eigenvalue weighted by Gasteiger charge is 2.14. The summed E-state index contributed by atoms with van der Waals surface area (Å²) in [7, 11) is 0. The van der Waals surface area contributed by atoms with Gasteiger partial charge in [-0.2, -0.15) is 0 Å². The van der Waals surface area contributed by atoms with E-state index in [-0.39, 0.29) is 10.6 Å². The maximum absolute atomic E-state index is 10.9. The zero-order valence-electron chi connectivity index (χ0n) is 6.84. The van der Waals surface area contributed by atoms with Crippen LogP contribution in [0.2, 0.25) is 10.0 Å². The average molecular weight is 230 g/mol. The molecule has 1 aromatic carbocycles. The number of H-pyrrole nitrogens is 1. The Morgan fingerprint density at radius 1 is 1.43 bits per heavy atom. The van der Waals surface area contributed by atoms with Gasteiger partial charge in [-0.25, -0.2) is 4.79 Å². The lowest BCUT2D eigenvalue weighted by atomic mass is 10.1. The van der Waals surface area contributed by atoms with Crippen molar-refractivity contribution in [3.63, 3.8) is 0 Å². The molecule has 0 aliphatic rings. The monoisotopic (exact) mass is 229 g/mol. The Morgan fingerprint density at radius 2 is 2.14 bits per heavy atom. The van der Waals surface area contributed by atoms with Crippen LogP contribution in [0.3, 0.4) is 0 Å². The summed E-state index contributed by atoms with van der Waals surface area (Å²) in [6.07, 6.45) is 1.62. The van der Waals surface area contributed by atoms with Crippen molar-refractivity contribution in [3.05, 3.63) is 33.9 Å². The molecule has 1 aromatic heterocycles.